The number of phenolic OH excluding ortho intramolecular Hbond substituents is 4. The Labute approximate surface area is 240 Å². The molecule has 8 rings (SSSR count). The van der Waals surface area contributed by atoms with Crippen LogP contribution in [-0.2, 0) is 42.7 Å². The smallest absolute Gasteiger partial charge is 0.185 e. The van der Waals surface area contributed by atoms with Crippen LogP contribution in [0.25, 0.3) is 0 Å². The Balaban J connectivity index is 1.42. The summed E-state index contributed by atoms with van der Waals surface area (Å²) in [4.78, 5) is 26.7. The highest BCUT2D eigenvalue weighted by Crippen LogP contribution is 2.64. The van der Waals surface area contributed by atoms with E-state index in [0.29, 0.717) is 40.2 Å². The molecular weight excluding hydrogens is 540 g/mol. The number of carbonyl (C=O) groups excluding carboxylic acids is 2. The molecule has 5 unspecified atom stereocenters. The zero-order valence-electron chi connectivity index (χ0n) is 22.7. The fourth-order valence-corrected chi connectivity index (χ4v) is 8.62. The van der Waals surface area contributed by atoms with Gasteiger partial charge in [0.25, 0.3) is 0 Å². The predicted molar refractivity (Wildman–Crippen MR) is 147 cm³/mol. The van der Waals surface area contributed by atoms with Gasteiger partial charge in [-0.25, -0.2) is 0 Å². The Bertz CT molecular complexity index is 1800. The van der Waals surface area contributed by atoms with E-state index in [0.717, 1.165) is 5.56 Å². The molecule has 2 saturated heterocycles. The quantitative estimate of drug-likeness (QED) is 0.327. The van der Waals surface area contributed by atoms with E-state index in [1.807, 2.05) is 13.0 Å². The fourth-order valence-electron chi connectivity index (χ4n) is 8.62. The molecular formula is C33H28O9. The van der Waals surface area contributed by atoms with E-state index >= 15 is 0 Å². The molecule has 5 N–H and O–H groups in total. The number of hydrogen-bond acceptors (Lipinski definition) is 9. The van der Waals surface area contributed by atoms with Gasteiger partial charge in [-0.2, -0.15) is 0 Å². The topological polar surface area (TPSA) is 154 Å². The van der Waals surface area contributed by atoms with E-state index in [1.54, 1.807) is 6.08 Å². The van der Waals surface area contributed by atoms with Crippen LogP contribution in [0.2, 0.25) is 0 Å². The van der Waals surface area contributed by atoms with Crippen molar-refractivity contribution < 1.29 is 44.6 Å². The number of allylic oxidation sites excluding steroid dienone is 6. The average Bonchev–Trinajstić information content (AvgIpc) is 2.92. The summed E-state index contributed by atoms with van der Waals surface area (Å²) in [5.41, 5.74) is -1.12. The molecule has 9 heteroatoms. The second-order valence-corrected chi connectivity index (χ2v) is 13.0. The van der Waals surface area contributed by atoms with Crippen LogP contribution in [0, 0.1) is 11.3 Å². The normalized spacial score (nSPS) is 35.3. The zero-order valence-corrected chi connectivity index (χ0v) is 22.7. The molecule has 4 bridgehead atoms. The molecule has 2 heterocycles. The number of ketones is 2. The second-order valence-electron chi connectivity index (χ2n) is 13.0. The molecule has 2 fully saturated rings. The van der Waals surface area contributed by atoms with Crippen LogP contribution in [0.1, 0.15) is 35.6 Å². The van der Waals surface area contributed by atoms with Crippen molar-refractivity contribution in [3.8, 4) is 23.0 Å². The number of rotatable bonds is 1. The summed E-state index contributed by atoms with van der Waals surface area (Å²) in [5, 5.41) is 53.4. The first-order valence-electron chi connectivity index (χ1n) is 13.9. The van der Waals surface area contributed by atoms with E-state index in [-0.39, 0.29) is 60.6 Å². The minimum Gasteiger partial charge on any atom is -0.504 e. The molecule has 2 spiro atoms. The number of benzene rings is 2. The van der Waals surface area contributed by atoms with Gasteiger partial charge in [-0.15, -0.1) is 0 Å². The first-order valence-corrected chi connectivity index (χ1v) is 13.9. The monoisotopic (exact) mass is 568 g/mol. The largest absolute Gasteiger partial charge is 0.504 e. The maximum absolute atomic E-state index is 14.1. The number of carbonyl (C=O) groups is 2. The lowest BCUT2D eigenvalue weighted by Crippen LogP contribution is -2.59. The van der Waals surface area contributed by atoms with Crippen molar-refractivity contribution in [3.05, 3.63) is 94.0 Å². The van der Waals surface area contributed by atoms with Crippen molar-refractivity contribution in [3.63, 3.8) is 0 Å². The molecule has 0 saturated carbocycles. The van der Waals surface area contributed by atoms with Crippen LogP contribution in [0.3, 0.4) is 0 Å². The van der Waals surface area contributed by atoms with Gasteiger partial charge in [-0.05, 0) is 59.0 Å². The fraction of sp³-hybridized carbons (Fsp3) is 0.333. The summed E-state index contributed by atoms with van der Waals surface area (Å²) in [6, 6.07) is 5.94. The third-order valence-electron chi connectivity index (χ3n) is 10.1. The van der Waals surface area contributed by atoms with E-state index in [2.05, 4.69) is 0 Å². The molecule has 2 aliphatic heterocycles. The van der Waals surface area contributed by atoms with Gasteiger partial charge < -0.3 is 35.0 Å². The van der Waals surface area contributed by atoms with Gasteiger partial charge in [0.2, 0.25) is 0 Å². The molecule has 2 aromatic rings. The van der Waals surface area contributed by atoms with Gasteiger partial charge in [0, 0.05) is 41.9 Å². The molecule has 9 nitrogen and oxygen atoms in total. The number of aliphatic hydroxyl groups is 1. The maximum atomic E-state index is 14.1. The van der Waals surface area contributed by atoms with Crippen LogP contribution in [0.4, 0.5) is 0 Å². The molecule has 214 valence electrons. The number of fused-ring (bicyclic) bond motifs is 4. The standard InChI is InChI=1S/C33H28O9/c1-30-10-16-4-23(36)26(39)8-21(16)33(3-2-18(34)6-28(33)41-14-30)29(30)19-12-32-13-31(40,15-42-27(32)9-22(19)35)11-17-5-24(37)25(38)7-20(17)32/h2-9,12,29,36-40H,10-11,13-15H2,1H3. The highest BCUT2D eigenvalue weighted by molar-refractivity contribution is 6.08. The van der Waals surface area contributed by atoms with Crippen LogP contribution >= 0.6 is 0 Å². The van der Waals surface area contributed by atoms with Gasteiger partial charge in [0.05, 0.1) is 17.4 Å². The van der Waals surface area contributed by atoms with E-state index < -0.39 is 27.8 Å². The molecule has 0 amide bonds. The van der Waals surface area contributed by atoms with Crippen molar-refractivity contribution in [2.24, 2.45) is 11.3 Å². The Morgan fingerprint density at radius 1 is 0.810 bits per heavy atom. The number of ether oxygens (including phenoxy) is 2. The summed E-state index contributed by atoms with van der Waals surface area (Å²) < 4.78 is 12.3. The van der Waals surface area contributed by atoms with Crippen molar-refractivity contribution in [1.82, 2.24) is 0 Å². The maximum Gasteiger partial charge on any atom is 0.185 e. The Morgan fingerprint density at radius 2 is 1.45 bits per heavy atom. The van der Waals surface area contributed by atoms with Crippen molar-refractivity contribution >= 4 is 11.6 Å². The van der Waals surface area contributed by atoms with Gasteiger partial charge in [-0.1, -0.05) is 19.1 Å². The average molecular weight is 569 g/mol. The van der Waals surface area contributed by atoms with Crippen molar-refractivity contribution in [1.29, 1.82) is 0 Å². The van der Waals surface area contributed by atoms with E-state index in [4.69, 9.17) is 9.47 Å². The molecule has 4 aliphatic carbocycles. The summed E-state index contributed by atoms with van der Waals surface area (Å²) in [6.07, 6.45) is 8.71. The van der Waals surface area contributed by atoms with Gasteiger partial charge >= 0.3 is 0 Å². The molecule has 2 aromatic carbocycles. The minimum absolute atomic E-state index is 0.0229. The predicted octanol–water partition coefficient (Wildman–Crippen LogP) is 3.02. The lowest BCUT2D eigenvalue weighted by Gasteiger charge is -2.59. The lowest BCUT2D eigenvalue weighted by molar-refractivity contribution is -0.117. The van der Waals surface area contributed by atoms with Crippen LogP contribution in [0.15, 0.2) is 71.7 Å². The minimum atomic E-state index is -1.28. The summed E-state index contributed by atoms with van der Waals surface area (Å²) >= 11 is 0. The second kappa shape index (κ2) is 7.66. The number of aromatic hydroxyl groups is 4. The Kier molecular flexibility index (Phi) is 4.60. The van der Waals surface area contributed by atoms with E-state index in [1.165, 1.54) is 42.5 Å². The molecule has 0 aromatic heterocycles. The summed E-state index contributed by atoms with van der Waals surface area (Å²) in [7, 11) is 0. The number of phenols is 4. The van der Waals surface area contributed by atoms with Crippen molar-refractivity contribution in [2.75, 3.05) is 13.2 Å². The molecule has 5 atom stereocenters. The highest BCUT2D eigenvalue weighted by atomic mass is 16.5. The van der Waals surface area contributed by atoms with Crippen LogP contribution in [0.5, 0.6) is 23.0 Å². The highest BCUT2D eigenvalue weighted by Gasteiger charge is 2.64. The van der Waals surface area contributed by atoms with Gasteiger partial charge in [0.15, 0.2) is 34.6 Å². The first kappa shape index (κ1) is 25.2. The third-order valence-corrected chi connectivity index (χ3v) is 10.1. The molecule has 0 radical (unpaired) electrons. The van der Waals surface area contributed by atoms with Crippen molar-refractivity contribution in [2.45, 2.75) is 42.6 Å². The first-order chi connectivity index (χ1) is 19.9. The Hall–Kier alpha value is -4.50. The van der Waals surface area contributed by atoms with Gasteiger partial charge in [-0.3, -0.25) is 9.59 Å². The molecule has 6 aliphatic rings. The Morgan fingerprint density at radius 3 is 2.19 bits per heavy atom. The lowest BCUT2D eigenvalue weighted by atomic mass is 9.47. The zero-order chi connectivity index (χ0) is 29.4. The number of hydrogen-bond donors (Lipinski definition) is 5. The van der Waals surface area contributed by atoms with Crippen LogP contribution in [-0.4, -0.2) is 55.9 Å². The van der Waals surface area contributed by atoms with Crippen LogP contribution < -0.4 is 0 Å². The third kappa shape index (κ3) is 3.01. The summed E-state index contributed by atoms with van der Waals surface area (Å²) in [6.45, 7) is 2.17. The van der Waals surface area contributed by atoms with E-state index in [9.17, 15) is 35.1 Å². The summed E-state index contributed by atoms with van der Waals surface area (Å²) in [5.74, 6) is -1.61. The SMILES string of the molecule is CC12COC3=CC(=O)C=CC3(c3cc(O)c(O)cc3C1)C2C1=CC23CC(O)(COC2=CC1=O)Cc1cc(O)c(O)cc13. The van der Waals surface area contributed by atoms with Gasteiger partial charge in [0.1, 0.15) is 23.7 Å². The molecule has 42 heavy (non-hydrogen) atoms.